The molecule has 128 valence electrons. The van der Waals surface area contributed by atoms with Crippen molar-refractivity contribution >= 4 is 29.3 Å². The zero-order valence-corrected chi connectivity index (χ0v) is 13.7. The van der Waals surface area contributed by atoms with E-state index in [0.717, 1.165) is 4.90 Å². The third kappa shape index (κ3) is 2.91. The SMILES string of the molecule is CCOC(=O)Nc1ccc(N2C(=O)c3ccccc3C2=O)cc1OC. The van der Waals surface area contributed by atoms with E-state index in [1.807, 2.05) is 0 Å². The molecule has 1 aliphatic heterocycles. The first kappa shape index (κ1) is 16.5. The number of carbonyl (C=O) groups is 3. The van der Waals surface area contributed by atoms with Crippen molar-refractivity contribution in [2.45, 2.75) is 6.92 Å². The van der Waals surface area contributed by atoms with E-state index in [4.69, 9.17) is 9.47 Å². The number of benzene rings is 2. The lowest BCUT2D eigenvalue weighted by atomic mass is 10.1. The summed E-state index contributed by atoms with van der Waals surface area (Å²) in [7, 11) is 1.43. The highest BCUT2D eigenvalue weighted by Gasteiger charge is 2.36. The summed E-state index contributed by atoms with van der Waals surface area (Å²) in [6.45, 7) is 1.93. The molecule has 0 spiro atoms. The molecular weight excluding hydrogens is 324 g/mol. The smallest absolute Gasteiger partial charge is 0.411 e. The number of methoxy groups -OCH3 is 1. The Bertz CT molecular complexity index is 827. The van der Waals surface area contributed by atoms with Crippen LogP contribution in [-0.4, -0.2) is 31.6 Å². The van der Waals surface area contributed by atoms with Crippen molar-refractivity contribution < 1.29 is 23.9 Å². The molecule has 0 radical (unpaired) electrons. The first-order valence-corrected chi connectivity index (χ1v) is 7.66. The van der Waals surface area contributed by atoms with Crippen LogP contribution < -0.4 is 15.0 Å². The molecule has 0 atom stereocenters. The molecule has 1 N–H and O–H groups in total. The minimum Gasteiger partial charge on any atom is -0.494 e. The molecule has 25 heavy (non-hydrogen) atoms. The number of nitrogens with one attached hydrogen (secondary N) is 1. The number of hydrogen-bond donors (Lipinski definition) is 1. The van der Waals surface area contributed by atoms with Crippen LogP contribution in [-0.2, 0) is 4.74 Å². The molecule has 0 aromatic heterocycles. The lowest BCUT2D eigenvalue weighted by Crippen LogP contribution is -2.29. The average molecular weight is 340 g/mol. The molecule has 0 saturated heterocycles. The van der Waals surface area contributed by atoms with E-state index in [1.165, 1.54) is 13.2 Å². The van der Waals surface area contributed by atoms with Gasteiger partial charge in [0.25, 0.3) is 11.8 Å². The van der Waals surface area contributed by atoms with Crippen LogP contribution in [0.3, 0.4) is 0 Å². The Hall–Kier alpha value is -3.35. The van der Waals surface area contributed by atoms with Gasteiger partial charge in [-0.25, -0.2) is 9.69 Å². The Morgan fingerprint density at radius 3 is 2.28 bits per heavy atom. The highest BCUT2D eigenvalue weighted by Crippen LogP contribution is 2.34. The largest absolute Gasteiger partial charge is 0.494 e. The maximum Gasteiger partial charge on any atom is 0.411 e. The second kappa shape index (κ2) is 6.64. The number of amides is 3. The Balaban J connectivity index is 1.93. The maximum atomic E-state index is 12.5. The number of imide groups is 1. The molecule has 3 amide bonds. The molecule has 0 saturated carbocycles. The van der Waals surface area contributed by atoms with Gasteiger partial charge in [-0.2, -0.15) is 0 Å². The molecule has 0 aliphatic carbocycles. The molecule has 1 heterocycles. The Morgan fingerprint density at radius 1 is 1.08 bits per heavy atom. The topological polar surface area (TPSA) is 84.9 Å². The third-order valence-electron chi connectivity index (χ3n) is 3.75. The van der Waals surface area contributed by atoms with Crippen molar-refractivity contribution in [3.63, 3.8) is 0 Å². The summed E-state index contributed by atoms with van der Waals surface area (Å²) in [5, 5.41) is 2.55. The van der Waals surface area contributed by atoms with Gasteiger partial charge in [-0.1, -0.05) is 12.1 Å². The number of ether oxygens (including phenoxy) is 2. The van der Waals surface area contributed by atoms with Crippen LogP contribution in [0.1, 0.15) is 27.6 Å². The van der Waals surface area contributed by atoms with Gasteiger partial charge in [0.1, 0.15) is 5.75 Å². The summed E-state index contributed by atoms with van der Waals surface area (Å²) < 4.78 is 10.1. The number of anilines is 2. The maximum absolute atomic E-state index is 12.5. The van der Waals surface area contributed by atoms with Crippen LogP contribution >= 0.6 is 0 Å². The Kier molecular flexibility index (Phi) is 4.38. The van der Waals surface area contributed by atoms with Crippen LogP contribution in [0.15, 0.2) is 42.5 Å². The van der Waals surface area contributed by atoms with E-state index in [0.29, 0.717) is 28.3 Å². The van der Waals surface area contributed by atoms with Gasteiger partial charge in [-0.05, 0) is 31.2 Å². The Labute approximate surface area is 144 Å². The van der Waals surface area contributed by atoms with Gasteiger partial charge in [0.05, 0.1) is 36.2 Å². The van der Waals surface area contributed by atoms with Crippen molar-refractivity contribution in [3.8, 4) is 5.75 Å². The van der Waals surface area contributed by atoms with Crippen molar-refractivity contribution in [1.29, 1.82) is 0 Å². The minimum atomic E-state index is -0.616. The zero-order valence-electron chi connectivity index (χ0n) is 13.7. The quantitative estimate of drug-likeness (QED) is 0.865. The fourth-order valence-corrected chi connectivity index (χ4v) is 2.62. The minimum absolute atomic E-state index is 0.237. The van der Waals surface area contributed by atoms with Gasteiger partial charge in [0, 0.05) is 6.07 Å². The van der Waals surface area contributed by atoms with Gasteiger partial charge in [0.2, 0.25) is 0 Å². The van der Waals surface area contributed by atoms with Gasteiger partial charge in [-0.15, -0.1) is 0 Å². The summed E-state index contributed by atoms with van der Waals surface area (Å²) in [6.07, 6.45) is -0.616. The number of fused-ring (bicyclic) bond motifs is 1. The fourth-order valence-electron chi connectivity index (χ4n) is 2.62. The molecule has 0 bridgehead atoms. The molecule has 2 aromatic carbocycles. The van der Waals surface area contributed by atoms with Crippen molar-refractivity contribution in [2.24, 2.45) is 0 Å². The van der Waals surface area contributed by atoms with Crippen molar-refractivity contribution in [2.75, 3.05) is 23.9 Å². The number of rotatable bonds is 4. The Morgan fingerprint density at radius 2 is 1.72 bits per heavy atom. The monoisotopic (exact) mass is 340 g/mol. The molecule has 1 aliphatic rings. The van der Waals surface area contributed by atoms with Gasteiger partial charge >= 0.3 is 6.09 Å². The fraction of sp³-hybridized carbons (Fsp3) is 0.167. The molecule has 0 fully saturated rings. The highest BCUT2D eigenvalue weighted by molar-refractivity contribution is 6.34. The predicted octanol–water partition coefficient (Wildman–Crippen LogP) is 3.06. The van der Waals surface area contributed by atoms with Crippen molar-refractivity contribution in [1.82, 2.24) is 0 Å². The van der Waals surface area contributed by atoms with Gasteiger partial charge < -0.3 is 9.47 Å². The molecule has 0 unspecified atom stereocenters. The summed E-state index contributed by atoms with van der Waals surface area (Å²) in [6, 6.07) is 11.3. The van der Waals surface area contributed by atoms with Crippen LogP contribution in [0.4, 0.5) is 16.2 Å². The summed E-state index contributed by atoms with van der Waals surface area (Å²) >= 11 is 0. The van der Waals surface area contributed by atoms with Crippen LogP contribution in [0.5, 0.6) is 5.75 Å². The molecule has 7 nitrogen and oxygen atoms in total. The molecular formula is C18H16N2O5. The average Bonchev–Trinajstić information content (AvgIpc) is 2.87. The number of nitrogens with zero attached hydrogens (tertiary/aromatic N) is 1. The van der Waals surface area contributed by atoms with Crippen molar-refractivity contribution in [3.05, 3.63) is 53.6 Å². The summed E-state index contributed by atoms with van der Waals surface area (Å²) in [5.41, 5.74) is 1.46. The predicted molar refractivity (Wildman–Crippen MR) is 91.2 cm³/mol. The molecule has 3 rings (SSSR count). The summed E-state index contributed by atoms with van der Waals surface area (Å²) in [5.74, 6) is -0.482. The van der Waals surface area contributed by atoms with E-state index in [1.54, 1.807) is 43.3 Å². The summed E-state index contributed by atoms with van der Waals surface area (Å²) in [4.78, 5) is 37.7. The van der Waals surface area contributed by atoms with E-state index in [2.05, 4.69) is 5.32 Å². The lowest BCUT2D eigenvalue weighted by molar-refractivity contribution is 0.0926. The van der Waals surface area contributed by atoms with Gasteiger partial charge in [-0.3, -0.25) is 14.9 Å². The van der Waals surface area contributed by atoms with E-state index in [9.17, 15) is 14.4 Å². The number of hydrogen-bond acceptors (Lipinski definition) is 5. The second-order valence-electron chi connectivity index (χ2n) is 5.22. The second-order valence-corrected chi connectivity index (χ2v) is 5.22. The van der Waals surface area contributed by atoms with Crippen LogP contribution in [0, 0.1) is 0 Å². The van der Waals surface area contributed by atoms with Crippen LogP contribution in [0.25, 0.3) is 0 Å². The molecule has 7 heteroatoms. The molecule has 2 aromatic rings. The normalized spacial score (nSPS) is 12.8. The van der Waals surface area contributed by atoms with Gasteiger partial charge in [0.15, 0.2) is 0 Å². The standard InChI is InChI=1S/C18H16N2O5/c1-3-25-18(23)19-14-9-8-11(10-15(14)24-2)20-16(21)12-6-4-5-7-13(12)17(20)22/h4-10H,3H2,1-2H3,(H,19,23). The van der Waals surface area contributed by atoms with Crippen LogP contribution in [0.2, 0.25) is 0 Å². The third-order valence-corrected chi connectivity index (χ3v) is 3.75. The highest BCUT2D eigenvalue weighted by atomic mass is 16.5. The van der Waals surface area contributed by atoms with E-state index < -0.39 is 17.9 Å². The zero-order chi connectivity index (χ0) is 18.0. The number of carbonyl (C=O) groups excluding carboxylic acids is 3. The van der Waals surface area contributed by atoms with E-state index in [-0.39, 0.29) is 6.61 Å². The lowest BCUT2D eigenvalue weighted by Gasteiger charge is -2.17. The van der Waals surface area contributed by atoms with E-state index >= 15 is 0 Å². The first-order valence-electron chi connectivity index (χ1n) is 7.66. The first-order chi connectivity index (χ1) is 12.1.